The quantitative estimate of drug-likeness (QED) is 0.818. The van der Waals surface area contributed by atoms with Gasteiger partial charge in [-0.25, -0.2) is 0 Å². The van der Waals surface area contributed by atoms with E-state index in [2.05, 4.69) is 53.8 Å². The van der Waals surface area contributed by atoms with E-state index < -0.39 is 0 Å². The van der Waals surface area contributed by atoms with Gasteiger partial charge in [0.1, 0.15) is 0 Å². The van der Waals surface area contributed by atoms with Crippen LogP contribution in [0.5, 0.6) is 0 Å². The summed E-state index contributed by atoms with van der Waals surface area (Å²) >= 11 is 0. The molecule has 0 saturated heterocycles. The minimum atomic E-state index is 0.119. The molecule has 2 nitrogen and oxygen atoms in total. The van der Waals surface area contributed by atoms with Crippen LogP contribution in [-0.4, -0.2) is 13.0 Å². The predicted molar refractivity (Wildman–Crippen MR) is 90.7 cm³/mol. The van der Waals surface area contributed by atoms with Crippen LogP contribution in [0.4, 0.5) is 0 Å². The molecule has 22 heavy (non-hydrogen) atoms. The molecule has 3 rings (SSSR count). The summed E-state index contributed by atoms with van der Waals surface area (Å²) in [6, 6.07) is 19.4. The highest BCUT2D eigenvalue weighted by Crippen LogP contribution is 2.39. The maximum Gasteiger partial charge on any atom is 0.207 e. The first kappa shape index (κ1) is 14.8. The highest BCUT2D eigenvalue weighted by molar-refractivity contribution is 5.63. The van der Waals surface area contributed by atoms with Crippen molar-refractivity contribution < 1.29 is 4.79 Å². The highest BCUT2D eigenvalue weighted by Gasteiger charge is 2.33. The number of amides is 1. The standard InChI is InChI=1S/C20H23NO/c22-16-21-15-20(13-5-2-6-14-20)19-11-9-18(10-12-19)17-7-3-1-4-8-17/h1,3-4,7-12,16H,2,5-6,13-15H2,(H,21,22). The van der Waals surface area contributed by atoms with E-state index in [1.54, 1.807) is 0 Å². The zero-order chi connectivity index (χ0) is 15.3. The fraction of sp³-hybridized carbons (Fsp3) is 0.350. The number of hydrogen-bond donors (Lipinski definition) is 1. The van der Waals surface area contributed by atoms with Gasteiger partial charge in [0.05, 0.1) is 0 Å². The van der Waals surface area contributed by atoms with Gasteiger partial charge < -0.3 is 5.32 Å². The van der Waals surface area contributed by atoms with Crippen molar-refractivity contribution in [3.05, 3.63) is 60.2 Å². The van der Waals surface area contributed by atoms with Crippen molar-refractivity contribution in [3.8, 4) is 11.1 Å². The van der Waals surface area contributed by atoms with Gasteiger partial charge in [-0.2, -0.15) is 0 Å². The average Bonchev–Trinajstić information content (AvgIpc) is 2.62. The summed E-state index contributed by atoms with van der Waals surface area (Å²) in [6.45, 7) is 0.751. The van der Waals surface area contributed by atoms with E-state index in [0.29, 0.717) is 0 Å². The Balaban J connectivity index is 1.87. The lowest BCUT2D eigenvalue weighted by molar-refractivity contribution is -0.109. The lowest BCUT2D eigenvalue weighted by Gasteiger charge is -2.37. The number of carbonyl (C=O) groups excluding carboxylic acids is 1. The van der Waals surface area contributed by atoms with Gasteiger partial charge >= 0.3 is 0 Å². The van der Waals surface area contributed by atoms with Crippen LogP contribution in [-0.2, 0) is 10.2 Å². The molecule has 2 aromatic rings. The maximum atomic E-state index is 10.7. The molecule has 0 heterocycles. The molecule has 2 heteroatoms. The van der Waals surface area contributed by atoms with E-state index >= 15 is 0 Å². The lowest BCUT2D eigenvalue weighted by Crippen LogP contribution is -2.39. The monoisotopic (exact) mass is 293 g/mol. The molecular formula is C20H23NO. The van der Waals surface area contributed by atoms with Gasteiger partial charge in [0.2, 0.25) is 6.41 Å². The molecule has 0 spiro atoms. The molecule has 0 atom stereocenters. The summed E-state index contributed by atoms with van der Waals surface area (Å²) in [6.07, 6.45) is 6.97. The minimum absolute atomic E-state index is 0.119. The number of benzene rings is 2. The minimum Gasteiger partial charge on any atom is -0.358 e. The highest BCUT2D eigenvalue weighted by atomic mass is 16.1. The molecule has 0 unspecified atom stereocenters. The van der Waals surface area contributed by atoms with Gasteiger partial charge in [-0.15, -0.1) is 0 Å². The van der Waals surface area contributed by atoms with Crippen molar-refractivity contribution in [1.82, 2.24) is 5.32 Å². The lowest BCUT2D eigenvalue weighted by atomic mass is 9.69. The van der Waals surface area contributed by atoms with E-state index in [-0.39, 0.29) is 5.41 Å². The maximum absolute atomic E-state index is 10.7. The largest absolute Gasteiger partial charge is 0.358 e. The molecule has 2 aromatic carbocycles. The Morgan fingerprint density at radius 2 is 1.50 bits per heavy atom. The van der Waals surface area contributed by atoms with Gasteiger partial charge in [0, 0.05) is 12.0 Å². The summed E-state index contributed by atoms with van der Waals surface area (Å²) in [7, 11) is 0. The third-order valence-corrected chi connectivity index (χ3v) is 4.94. The van der Waals surface area contributed by atoms with Crippen molar-refractivity contribution in [2.75, 3.05) is 6.54 Å². The van der Waals surface area contributed by atoms with Crippen LogP contribution in [0.15, 0.2) is 54.6 Å². The van der Waals surface area contributed by atoms with Crippen molar-refractivity contribution >= 4 is 6.41 Å². The third-order valence-electron chi connectivity index (χ3n) is 4.94. The molecule has 1 fully saturated rings. The first-order valence-corrected chi connectivity index (χ1v) is 8.17. The van der Waals surface area contributed by atoms with Crippen LogP contribution < -0.4 is 5.32 Å². The molecule has 1 aliphatic carbocycles. The molecule has 0 radical (unpaired) electrons. The SMILES string of the molecule is O=CNCC1(c2ccc(-c3ccccc3)cc2)CCCCC1. The van der Waals surface area contributed by atoms with Crippen molar-refractivity contribution in [1.29, 1.82) is 0 Å². The first-order valence-electron chi connectivity index (χ1n) is 8.17. The molecule has 1 saturated carbocycles. The zero-order valence-corrected chi connectivity index (χ0v) is 12.9. The average molecular weight is 293 g/mol. The first-order chi connectivity index (χ1) is 10.8. The van der Waals surface area contributed by atoms with Crippen molar-refractivity contribution in [3.63, 3.8) is 0 Å². The topological polar surface area (TPSA) is 29.1 Å². The van der Waals surface area contributed by atoms with E-state index in [0.717, 1.165) is 13.0 Å². The van der Waals surface area contributed by atoms with E-state index in [4.69, 9.17) is 0 Å². The van der Waals surface area contributed by atoms with E-state index in [1.165, 1.54) is 48.8 Å². The van der Waals surface area contributed by atoms with Crippen molar-refractivity contribution in [2.24, 2.45) is 0 Å². The van der Waals surface area contributed by atoms with Gasteiger partial charge in [-0.1, -0.05) is 73.9 Å². The van der Waals surface area contributed by atoms with Crippen LogP contribution >= 0.6 is 0 Å². The zero-order valence-electron chi connectivity index (χ0n) is 12.9. The molecule has 0 bridgehead atoms. The van der Waals surface area contributed by atoms with Crippen LogP contribution in [0.25, 0.3) is 11.1 Å². The molecule has 1 N–H and O–H groups in total. The number of hydrogen-bond acceptors (Lipinski definition) is 1. The Bertz CT molecular complexity index is 597. The van der Waals surface area contributed by atoms with Gasteiger partial charge in [0.15, 0.2) is 0 Å². The Morgan fingerprint density at radius 1 is 0.864 bits per heavy atom. The molecular weight excluding hydrogens is 270 g/mol. The summed E-state index contributed by atoms with van der Waals surface area (Å²) in [5, 5.41) is 2.92. The second-order valence-corrected chi connectivity index (χ2v) is 6.28. The van der Waals surface area contributed by atoms with Crippen LogP contribution in [0.1, 0.15) is 37.7 Å². The molecule has 0 aliphatic heterocycles. The number of rotatable bonds is 5. The van der Waals surface area contributed by atoms with E-state index in [1.807, 2.05) is 6.07 Å². The fourth-order valence-electron chi connectivity index (χ4n) is 3.68. The second-order valence-electron chi connectivity index (χ2n) is 6.28. The summed E-state index contributed by atoms with van der Waals surface area (Å²) < 4.78 is 0. The summed E-state index contributed by atoms with van der Waals surface area (Å²) in [5.74, 6) is 0. The number of carbonyl (C=O) groups is 1. The molecule has 1 amide bonds. The predicted octanol–water partition coefficient (Wildman–Crippen LogP) is 4.30. The Labute approximate surface area is 132 Å². The van der Waals surface area contributed by atoms with Crippen molar-refractivity contribution in [2.45, 2.75) is 37.5 Å². The Morgan fingerprint density at radius 3 is 2.14 bits per heavy atom. The van der Waals surface area contributed by atoms with Crippen LogP contribution in [0.2, 0.25) is 0 Å². The summed E-state index contributed by atoms with van der Waals surface area (Å²) in [5.41, 5.74) is 3.98. The number of nitrogens with one attached hydrogen (secondary N) is 1. The van der Waals surface area contributed by atoms with E-state index in [9.17, 15) is 4.79 Å². The van der Waals surface area contributed by atoms with Crippen LogP contribution in [0.3, 0.4) is 0 Å². The Kier molecular flexibility index (Phi) is 4.57. The van der Waals surface area contributed by atoms with Crippen LogP contribution in [0, 0.1) is 0 Å². The fourth-order valence-corrected chi connectivity index (χ4v) is 3.68. The molecule has 1 aliphatic rings. The third kappa shape index (κ3) is 3.06. The molecule has 114 valence electrons. The smallest absolute Gasteiger partial charge is 0.207 e. The van der Waals surface area contributed by atoms with Gasteiger partial charge in [-0.3, -0.25) is 4.79 Å². The second kappa shape index (κ2) is 6.78. The van der Waals surface area contributed by atoms with Gasteiger partial charge in [-0.05, 0) is 29.5 Å². The molecule has 0 aromatic heterocycles. The normalized spacial score (nSPS) is 16.9. The summed E-state index contributed by atoms with van der Waals surface area (Å²) in [4.78, 5) is 10.7. The van der Waals surface area contributed by atoms with Gasteiger partial charge in [0.25, 0.3) is 0 Å². The Hall–Kier alpha value is -2.09.